The van der Waals surface area contributed by atoms with Gasteiger partial charge in [-0.2, -0.15) is 0 Å². The van der Waals surface area contributed by atoms with Gasteiger partial charge in [-0.1, -0.05) is 19.3 Å². The van der Waals surface area contributed by atoms with Gasteiger partial charge >= 0.3 is 0 Å². The molecule has 0 aromatic carbocycles. The summed E-state index contributed by atoms with van der Waals surface area (Å²) in [6, 6.07) is 0.399. The van der Waals surface area contributed by atoms with Crippen LogP contribution in [-0.2, 0) is 4.79 Å². The Morgan fingerprint density at radius 1 is 1.32 bits per heavy atom. The van der Waals surface area contributed by atoms with Crippen LogP contribution in [0.2, 0.25) is 0 Å². The van der Waals surface area contributed by atoms with E-state index in [-0.39, 0.29) is 5.41 Å². The lowest BCUT2D eigenvalue weighted by atomic mass is 9.71. The first-order valence-electron chi connectivity index (χ1n) is 7.85. The fourth-order valence-corrected chi connectivity index (χ4v) is 3.79. The van der Waals surface area contributed by atoms with Crippen molar-refractivity contribution in [1.29, 1.82) is 0 Å². The second kappa shape index (κ2) is 6.71. The third-order valence-electron chi connectivity index (χ3n) is 5.01. The molecule has 0 bridgehead atoms. The second-order valence-electron chi connectivity index (χ2n) is 6.38. The van der Waals surface area contributed by atoms with Gasteiger partial charge in [-0.05, 0) is 44.7 Å². The number of hydrogen-bond acceptors (Lipinski definition) is 3. The Morgan fingerprint density at radius 2 is 2.05 bits per heavy atom. The standard InChI is InChI=1S/C15H29N3O/c1-17-11-13-6-5-9-18(13)14(19)10-15(12-16)7-3-2-4-8-15/h13,17H,2-12,16H2,1H3. The van der Waals surface area contributed by atoms with Crippen LogP contribution in [0, 0.1) is 5.41 Å². The van der Waals surface area contributed by atoms with Gasteiger partial charge < -0.3 is 16.0 Å². The lowest BCUT2D eigenvalue weighted by Crippen LogP contribution is -2.44. The summed E-state index contributed by atoms with van der Waals surface area (Å²) in [4.78, 5) is 14.7. The number of likely N-dealkylation sites (tertiary alicyclic amines) is 1. The average Bonchev–Trinajstić information content (AvgIpc) is 2.88. The van der Waals surface area contributed by atoms with Crippen LogP contribution >= 0.6 is 0 Å². The molecule has 0 spiro atoms. The van der Waals surface area contributed by atoms with Gasteiger partial charge in [0.05, 0.1) is 0 Å². The van der Waals surface area contributed by atoms with E-state index in [0.717, 1.165) is 38.8 Å². The Morgan fingerprint density at radius 3 is 2.68 bits per heavy atom. The third-order valence-corrected chi connectivity index (χ3v) is 5.01. The predicted octanol–water partition coefficient (Wildman–Crippen LogP) is 1.50. The van der Waals surface area contributed by atoms with E-state index in [1.54, 1.807) is 0 Å². The molecule has 2 rings (SSSR count). The summed E-state index contributed by atoms with van der Waals surface area (Å²) in [7, 11) is 1.96. The number of rotatable bonds is 5. The number of likely N-dealkylation sites (N-methyl/N-ethyl adjacent to an activating group) is 1. The molecule has 110 valence electrons. The molecule has 0 aromatic heterocycles. The molecule has 1 aliphatic heterocycles. The van der Waals surface area contributed by atoms with E-state index in [9.17, 15) is 4.79 Å². The zero-order valence-electron chi connectivity index (χ0n) is 12.3. The monoisotopic (exact) mass is 267 g/mol. The summed E-state index contributed by atoms with van der Waals surface area (Å²) in [5, 5.41) is 3.20. The van der Waals surface area contributed by atoms with Crippen molar-refractivity contribution in [2.24, 2.45) is 11.1 Å². The van der Waals surface area contributed by atoms with E-state index in [2.05, 4.69) is 10.2 Å². The van der Waals surface area contributed by atoms with Crippen molar-refractivity contribution in [3.63, 3.8) is 0 Å². The number of nitrogens with two attached hydrogens (primary N) is 1. The zero-order chi connectivity index (χ0) is 13.7. The number of hydrogen-bond donors (Lipinski definition) is 2. The highest BCUT2D eigenvalue weighted by Gasteiger charge is 2.36. The first kappa shape index (κ1) is 14.8. The van der Waals surface area contributed by atoms with E-state index in [0.29, 0.717) is 24.9 Å². The van der Waals surface area contributed by atoms with Crippen LogP contribution in [0.3, 0.4) is 0 Å². The first-order chi connectivity index (χ1) is 9.21. The SMILES string of the molecule is CNCC1CCCN1C(=O)CC1(CN)CCCCC1. The molecule has 1 aliphatic carbocycles. The summed E-state index contributed by atoms with van der Waals surface area (Å²) < 4.78 is 0. The van der Waals surface area contributed by atoms with E-state index in [1.165, 1.54) is 19.3 Å². The maximum atomic E-state index is 12.6. The highest BCUT2D eigenvalue weighted by Crippen LogP contribution is 2.39. The molecule has 1 amide bonds. The van der Waals surface area contributed by atoms with Crippen LogP contribution in [0.4, 0.5) is 0 Å². The summed E-state index contributed by atoms with van der Waals surface area (Å²) in [5.41, 5.74) is 6.09. The Hall–Kier alpha value is -0.610. The molecular formula is C15H29N3O. The number of carbonyl (C=O) groups is 1. The van der Waals surface area contributed by atoms with E-state index in [1.807, 2.05) is 7.05 Å². The van der Waals surface area contributed by atoms with Gasteiger partial charge in [-0.25, -0.2) is 0 Å². The van der Waals surface area contributed by atoms with Crippen molar-refractivity contribution in [2.75, 3.05) is 26.7 Å². The third kappa shape index (κ3) is 3.48. The zero-order valence-corrected chi connectivity index (χ0v) is 12.3. The molecule has 4 heteroatoms. The maximum Gasteiger partial charge on any atom is 0.223 e. The minimum absolute atomic E-state index is 0.0993. The number of amides is 1. The first-order valence-corrected chi connectivity index (χ1v) is 7.85. The predicted molar refractivity (Wildman–Crippen MR) is 77.9 cm³/mol. The van der Waals surface area contributed by atoms with Crippen molar-refractivity contribution >= 4 is 5.91 Å². The van der Waals surface area contributed by atoms with E-state index < -0.39 is 0 Å². The maximum absolute atomic E-state index is 12.6. The highest BCUT2D eigenvalue weighted by atomic mass is 16.2. The quantitative estimate of drug-likeness (QED) is 0.793. The largest absolute Gasteiger partial charge is 0.338 e. The molecule has 2 fully saturated rings. The summed E-state index contributed by atoms with van der Waals surface area (Å²) in [5.74, 6) is 0.338. The molecule has 2 aliphatic rings. The van der Waals surface area contributed by atoms with Gasteiger partial charge in [-0.3, -0.25) is 4.79 Å². The number of nitrogens with one attached hydrogen (secondary N) is 1. The Labute approximate surface area is 117 Å². The van der Waals surface area contributed by atoms with Crippen LogP contribution < -0.4 is 11.1 Å². The Bertz CT molecular complexity index is 300. The fourth-order valence-electron chi connectivity index (χ4n) is 3.79. The van der Waals surface area contributed by atoms with E-state index in [4.69, 9.17) is 5.73 Å². The molecule has 3 N–H and O–H groups in total. The summed E-state index contributed by atoms with van der Waals surface area (Å²) in [6.07, 6.45) is 9.02. The average molecular weight is 267 g/mol. The molecule has 4 nitrogen and oxygen atoms in total. The van der Waals surface area contributed by atoms with Crippen molar-refractivity contribution in [3.05, 3.63) is 0 Å². The van der Waals surface area contributed by atoms with Crippen molar-refractivity contribution in [1.82, 2.24) is 10.2 Å². The van der Waals surface area contributed by atoms with Crippen molar-refractivity contribution < 1.29 is 4.79 Å². The fraction of sp³-hybridized carbons (Fsp3) is 0.933. The molecular weight excluding hydrogens is 238 g/mol. The summed E-state index contributed by atoms with van der Waals surface area (Å²) >= 11 is 0. The van der Waals surface area contributed by atoms with Gasteiger partial charge in [0.2, 0.25) is 5.91 Å². The molecule has 0 radical (unpaired) electrons. The number of carbonyl (C=O) groups excluding carboxylic acids is 1. The normalized spacial score (nSPS) is 26.6. The molecule has 1 atom stereocenters. The van der Waals surface area contributed by atoms with Crippen LogP contribution in [0.15, 0.2) is 0 Å². The minimum Gasteiger partial charge on any atom is -0.338 e. The van der Waals surface area contributed by atoms with Crippen molar-refractivity contribution in [3.8, 4) is 0 Å². The lowest BCUT2D eigenvalue weighted by Gasteiger charge is -2.37. The molecule has 0 aromatic rings. The molecule has 1 unspecified atom stereocenters. The second-order valence-corrected chi connectivity index (χ2v) is 6.38. The molecule has 19 heavy (non-hydrogen) atoms. The molecule has 1 saturated heterocycles. The highest BCUT2D eigenvalue weighted by molar-refractivity contribution is 5.77. The van der Waals surface area contributed by atoms with Crippen LogP contribution in [0.1, 0.15) is 51.4 Å². The minimum atomic E-state index is 0.0993. The van der Waals surface area contributed by atoms with Gasteiger partial charge in [-0.15, -0.1) is 0 Å². The number of nitrogens with zero attached hydrogens (tertiary/aromatic N) is 1. The van der Waals surface area contributed by atoms with Gasteiger partial charge in [0, 0.05) is 25.6 Å². The van der Waals surface area contributed by atoms with Crippen molar-refractivity contribution in [2.45, 2.75) is 57.4 Å². The van der Waals surface area contributed by atoms with Crippen LogP contribution in [0.25, 0.3) is 0 Å². The topological polar surface area (TPSA) is 58.4 Å². The van der Waals surface area contributed by atoms with Gasteiger partial charge in [0.25, 0.3) is 0 Å². The van der Waals surface area contributed by atoms with Crippen LogP contribution in [-0.4, -0.2) is 43.5 Å². The smallest absolute Gasteiger partial charge is 0.223 e. The Balaban J connectivity index is 1.95. The molecule has 1 heterocycles. The van der Waals surface area contributed by atoms with E-state index >= 15 is 0 Å². The van der Waals surface area contributed by atoms with Crippen LogP contribution in [0.5, 0.6) is 0 Å². The van der Waals surface area contributed by atoms with Gasteiger partial charge in [0.15, 0.2) is 0 Å². The summed E-state index contributed by atoms with van der Waals surface area (Å²) in [6.45, 7) is 2.52. The lowest BCUT2D eigenvalue weighted by molar-refractivity contribution is -0.135. The Kier molecular flexibility index (Phi) is 5.22. The van der Waals surface area contributed by atoms with Gasteiger partial charge in [0.1, 0.15) is 0 Å². The molecule has 1 saturated carbocycles.